The highest BCUT2D eigenvalue weighted by Crippen LogP contribution is 2.25. The average Bonchev–Trinajstić information content (AvgIpc) is 3.16. The third-order valence-electron chi connectivity index (χ3n) is 4.04. The first-order valence-corrected chi connectivity index (χ1v) is 9.91. The lowest BCUT2D eigenvalue weighted by Crippen LogP contribution is -2.20. The smallest absolute Gasteiger partial charge is 0.250 e. The number of ether oxygens (including phenoxy) is 1. The van der Waals surface area contributed by atoms with E-state index in [0.29, 0.717) is 17.3 Å². The SMILES string of the molecule is CCn1c(SCC(=O)N/N=C/c2ccccc2O)nnc1-c1ccc(OC)cc1. The number of nitrogens with zero attached hydrogens (tertiary/aromatic N) is 4. The number of carbonyl (C=O) groups is 1. The number of para-hydroxylation sites is 1. The topological polar surface area (TPSA) is 102 Å². The number of aromatic hydroxyl groups is 1. The van der Waals surface area contributed by atoms with E-state index < -0.39 is 0 Å². The van der Waals surface area contributed by atoms with E-state index in [0.717, 1.165) is 17.1 Å². The van der Waals surface area contributed by atoms with Crippen molar-refractivity contribution in [1.29, 1.82) is 0 Å². The van der Waals surface area contributed by atoms with Crippen LogP contribution in [0.5, 0.6) is 11.5 Å². The number of benzene rings is 2. The molecule has 9 heteroatoms. The van der Waals surface area contributed by atoms with Crippen LogP contribution in [0.2, 0.25) is 0 Å². The molecule has 0 unspecified atom stereocenters. The number of carbonyl (C=O) groups excluding carboxylic acids is 1. The molecule has 0 aliphatic rings. The lowest BCUT2D eigenvalue weighted by atomic mass is 10.2. The summed E-state index contributed by atoms with van der Waals surface area (Å²) in [5.41, 5.74) is 3.89. The Balaban J connectivity index is 1.61. The van der Waals surface area contributed by atoms with Gasteiger partial charge in [-0.2, -0.15) is 5.10 Å². The summed E-state index contributed by atoms with van der Waals surface area (Å²) in [6.07, 6.45) is 1.40. The molecule has 1 amide bonds. The van der Waals surface area contributed by atoms with Gasteiger partial charge in [0.15, 0.2) is 11.0 Å². The van der Waals surface area contributed by atoms with Gasteiger partial charge in [-0.1, -0.05) is 23.9 Å². The van der Waals surface area contributed by atoms with Crippen LogP contribution in [-0.4, -0.2) is 44.9 Å². The predicted octanol–water partition coefficient (Wildman–Crippen LogP) is 2.92. The summed E-state index contributed by atoms with van der Waals surface area (Å²) in [5.74, 6) is 1.46. The van der Waals surface area contributed by atoms with Crippen molar-refractivity contribution in [3.8, 4) is 22.9 Å². The van der Waals surface area contributed by atoms with Gasteiger partial charge >= 0.3 is 0 Å². The second-order valence-electron chi connectivity index (χ2n) is 5.92. The van der Waals surface area contributed by atoms with Crippen molar-refractivity contribution in [2.45, 2.75) is 18.6 Å². The van der Waals surface area contributed by atoms with Crippen LogP contribution in [0.25, 0.3) is 11.4 Å². The van der Waals surface area contributed by atoms with Crippen molar-refractivity contribution in [3.63, 3.8) is 0 Å². The summed E-state index contributed by atoms with van der Waals surface area (Å²) >= 11 is 1.28. The zero-order chi connectivity index (χ0) is 20.6. The summed E-state index contributed by atoms with van der Waals surface area (Å²) in [6, 6.07) is 14.3. The molecule has 0 saturated carbocycles. The maximum Gasteiger partial charge on any atom is 0.250 e. The molecule has 3 rings (SSSR count). The number of thioether (sulfide) groups is 1. The number of aromatic nitrogens is 3. The van der Waals surface area contributed by atoms with Gasteiger partial charge in [-0.25, -0.2) is 5.43 Å². The van der Waals surface area contributed by atoms with Crippen LogP contribution in [0.4, 0.5) is 0 Å². The molecule has 0 fully saturated rings. The van der Waals surface area contributed by atoms with Gasteiger partial charge in [0.25, 0.3) is 5.91 Å². The van der Waals surface area contributed by atoms with E-state index in [-0.39, 0.29) is 17.4 Å². The first-order valence-electron chi connectivity index (χ1n) is 8.92. The molecule has 1 aromatic heterocycles. The highest BCUT2D eigenvalue weighted by atomic mass is 32.2. The maximum atomic E-state index is 12.1. The van der Waals surface area contributed by atoms with Crippen molar-refractivity contribution in [1.82, 2.24) is 20.2 Å². The van der Waals surface area contributed by atoms with Gasteiger partial charge in [0, 0.05) is 17.7 Å². The second-order valence-corrected chi connectivity index (χ2v) is 6.86. The minimum absolute atomic E-state index is 0.0991. The van der Waals surface area contributed by atoms with E-state index in [9.17, 15) is 9.90 Å². The molecular weight excluding hydrogens is 390 g/mol. The van der Waals surface area contributed by atoms with Crippen molar-refractivity contribution in [2.24, 2.45) is 5.10 Å². The average molecular weight is 411 g/mol. The Hall–Kier alpha value is -3.33. The second kappa shape index (κ2) is 9.74. The number of phenolic OH excluding ortho intramolecular Hbond substituents is 1. The molecular formula is C20H21N5O3S. The molecule has 2 aromatic carbocycles. The number of nitrogens with one attached hydrogen (secondary N) is 1. The monoisotopic (exact) mass is 411 g/mol. The van der Waals surface area contributed by atoms with Crippen LogP contribution >= 0.6 is 11.8 Å². The Morgan fingerprint density at radius 2 is 2.00 bits per heavy atom. The van der Waals surface area contributed by atoms with Crippen LogP contribution in [-0.2, 0) is 11.3 Å². The van der Waals surface area contributed by atoms with Gasteiger partial charge in [-0.3, -0.25) is 4.79 Å². The molecule has 0 atom stereocenters. The van der Waals surface area contributed by atoms with E-state index in [1.165, 1.54) is 18.0 Å². The van der Waals surface area contributed by atoms with E-state index in [1.54, 1.807) is 31.4 Å². The summed E-state index contributed by atoms with van der Waals surface area (Å²) in [6.45, 7) is 2.67. The molecule has 1 heterocycles. The molecule has 0 saturated heterocycles. The summed E-state index contributed by atoms with van der Waals surface area (Å²) in [5, 5.41) is 22.7. The molecule has 29 heavy (non-hydrogen) atoms. The Labute approximate surface area is 172 Å². The van der Waals surface area contributed by atoms with E-state index in [1.807, 2.05) is 35.8 Å². The quantitative estimate of drug-likeness (QED) is 0.336. The van der Waals surface area contributed by atoms with Gasteiger partial charge in [0.05, 0.1) is 19.1 Å². The van der Waals surface area contributed by atoms with Crippen LogP contribution in [0.15, 0.2) is 58.8 Å². The number of amides is 1. The van der Waals surface area contributed by atoms with Crippen molar-refractivity contribution < 1.29 is 14.6 Å². The number of hydrogen-bond acceptors (Lipinski definition) is 7. The molecule has 2 N–H and O–H groups in total. The third-order valence-corrected chi connectivity index (χ3v) is 5.01. The van der Waals surface area contributed by atoms with E-state index >= 15 is 0 Å². The first-order chi connectivity index (χ1) is 14.1. The largest absolute Gasteiger partial charge is 0.507 e. The van der Waals surface area contributed by atoms with Gasteiger partial charge in [0.2, 0.25) is 0 Å². The number of rotatable bonds is 8. The molecule has 150 valence electrons. The standard InChI is InChI=1S/C20H21N5O3S/c1-3-25-19(14-8-10-16(28-2)11-9-14)23-24-20(25)29-13-18(27)22-21-12-15-6-4-5-7-17(15)26/h4-12,26H,3,13H2,1-2H3,(H,22,27)/b21-12+. The molecule has 0 spiro atoms. The summed E-state index contributed by atoms with van der Waals surface area (Å²) < 4.78 is 7.13. The highest BCUT2D eigenvalue weighted by Gasteiger charge is 2.14. The lowest BCUT2D eigenvalue weighted by molar-refractivity contribution is -0.118. The molecule has 0 aliphatic carbocycles. The van der Waals surface area contributed by atoms with E-state index in [4.69, 9.17) is 4.74 Å². The summed E-state index contributed by atoms with van der Waals surface area (Å²) in [4.78, 5) is 12.1. The van der Waals surface area contributed by atoms with Gasteiger partial charge in [-0.05, 0) is 43.3 Å². The maximum absolute atomic E-state index is 12.1. The van der Waals surface area contributed by atoms with Gasteiger partial charge in [0.1, 0.15) is 11.5 Å². The predicted molar refractivity (Wildman–Crippen MR) is 112 cm³/mol. The van der Waals surface area contributed by atoms with Crippen LogP contribution in [0.1, 0.15) is 12.5 Å². The van der Waals surface area contributed by atoms with Crippen molar-refractivity contribution in [3.05, 3.63) is 54.1 Å². The first kappa shape index (κ1) is 20.4. The fourth-order valence-electron chi connectivity index (χ4n) is 2.57. The fourth-order valence-corrected chi connectivity index (χ4v) is 3.36. The van der Waals surface area contributed by atoms with Crippen LogP contribution in [0, 0.1) is 0 Å². The fraction of sp³-hybridized carbons (Fsp3) is 0.200. The van der Waals surface area contributed by atoms with Crippen molar-refractivity contribution >= 4 is 23.9 Å². The Morgan fingerprint density at radius 1 is 1.24 bits per heavy atom. The number of hydrogen-bond donors (Lipinski definition) is 2. The minimum atomic E-state index is -0.279. The number of phenols is 1. The molecule has 0 aliphatic heterocycles. The van der Waals surface area contributed by atoms with Gasteiger partial charge in [-0.15, -0.1) is 10.2 Å². The van der Waals surface area contributed by atoms with Crippen LogP contribution in [0.3, 0.4) is 0 Å². The zero-order valence-electron chi connectivity index (χ0n) is 16.1. The normalized spacial score (nSPS) is 11.0. The number of methoxy groups -OCH3 is 1. The molecule has 3 aromatic rings. The Morgan fingerprint density at radius 3 is 2.69 bits per heavy atom. The molecule has 8 nitrogen and oxygen atoms in total. The molecule has 0 radical (unpaired) electrons. The lowest BCUT2D eigenvalue weighted by Gasteiger charge is -2.07. The third kappa shape index (κ3) is 5.14. The highest BCUT2D eigenvalue weighted by molar-refractivity contribution is 7.99. The van der Waals surface area contributed by atoms with E-state index in [2.05, 4.69) is 20.7 Å². The Bertz CT molecular complexity index is 1000. The van der Waals surface area contributed by atoms with Crippen molar-refractivity contribution in [2.75, 3.05) is 12.9 Å². The summed E-state index contributed by atoms with van der Waals surface area (Å²) in [7, 11) is 1.62. The van der Waals surface area contributed by atoms with Crippen LogP contribution < -0.4 is 10.2 Å². The minimum Gasteiger partial charge on any atom is -0.507 e. The van der Waals surface area contributed by atoms with Gasteiger partial charge < -0.3 is 14.4 Å². The zero-order valence-corrected chi connectivity index (χ0v) is 16.9. The Kier molecular flexibility index (Phi) is 6.85. The molecule has 0 bridgehead atoms. The number of hydrazone groups is 1.